The molecule has 1 fully saturated rings. The van der Waals surface area contributed by atoms with Crippen LogP contribution in [0.3, 0.4) is 0 Å². The van der Waals surface area contributed by atoms with Crippen molar-refractivity contribution in [2.45, 2.75) is 24.9 Å². The summed E-state index contributed by atoms with van der Waals surface area (Å²) < 4.78 is 32.9. The molecule has 0 aliphatic carbocycles. The molecule has 3 rings (SSSR count). The Morgan fingerprint density at radius 3 is 2.71 bits per heavy atom. The molecule has 1 aliphatic rings. The van der Waals surface area contributed by atoms with Crippen LogP contribution in [0.15, 0.2) is 42.6 Å². The molecule has 2 atom stereocenters. The lowest BCUT2D eigenvalue weighted by molar-refractivity contribution is -0.117. The molecule has 1 aliphatic heterocycles. The predicted octanol–water partition coefficient (Wildman–Crippen LogP) is 2.38. The fraction of sp³-hybridized carbons (Fsp3) is 0.381. The van der Waals surface area contributed by atoms with Crippen LogP contribution in [0.5, 0.6) is 0 Å². The van der Waals surface area contributed by atoms with Crippen LogP contribution >= 0.6 is 0 Å². The van der Waals surface area contributed by atoms with Gasteiger partial charge in [-0.25, -0.2) is 18.6 Å². The molecular weight excluding hydrogens is 408 g/mol. The predicted molar refractivity (Wildman–Crippen MR) is 111 cm³/mol. The summed E-state index contributed by atoms with van der Waals surface area (Å²) in [4.78, 5) is 29.9. The lowest BCUT2D eigenvalue weighted by Gasteiger charge is -2.38. The van der Waals surface area contributed by atoms with Crippen LogP contribution in [-0.4, -0.2) is 54.6 Å². The number of nitrogens with one attached hydrogen (secondary N) is 2. The maximum absolute atomic E-state index is 13.9. The Hall–Kier alpha value is -3.11. The molecule has 0 bridgehead atoms. The Balaban J connectivity index is 1.79. The number of nitrogens with two attached hydrogens (primary N) is 1. The van der Waals surface area contributed by atoms with Gasteiger partial charge in [-0.1, -0.05) is 29.8 Å². The molecule has 166 valence electrons. The molecule has 1 saturated heterocycles. The zero-order chi connectivity index (χ0) is 22.6. The quantitative estimate of drug-likeness (QED) is 0.621. The molecule has 4 N–H and O–H groups in total. The highest BCUT2D eigenvalue weighted by atomic mass is 19.3. The largest absolute Gasteiger partial charge is 0.382 e. The first-order chi connectivity index (χ1) is 14.7. The van der Waals surface area contributed by atoms with Gasteiger partial charge in [-0.05, 0) is 30.2 Å². The van der Waals surface area contributed by atoms with Gasteiger partial charge in [0.05, 0.1) is 25.7 Å². The number of hydrogen-bond donors (Lipinski definition) is 3. The number of urea groups is 1. The second-order valence-electron chi connectivity index (χ2n) is 7.47. The van der Waals surface area contributed by atoms with E-state index in [0.717, 1.165) is 10.5 Å². The van der Waals surface area contributed by atoms with Gasteiger partial charge in [-0.3, -0.25) is 4.79 Å². The number of carbonyl (C=O) groups is 2. The number of aryl methyl sites for hydroxylation is 1. The summed E-state index contributed by atoms with van der Waals surface area (Å²) in [6, 6.07) is 8.04. The fourth-order valence-corrected chi connectivity index (χ4v) is 3.31. The van der Waals surface area contributed by atoms with Crippen LogP contribution in [0.4, 0.5) is 19.4 Å². The van der Waals surface area contributed by atoms with E-state index in [1.165, 1.54) is 19.4 Å². The van der Waals surface area contributed by atoms with E-state index in [-0.39, 0.29) is 12.4 Å². The summed E-state index contributed by atoms with van der Waals surface area (Å²) in [5, 5.41) is 4.83. The average Bonchev–Trinajstić information content (AvgIpc) is 2.74. The normalized spacial score (nSPS) is 17.6. The minimum Gasteiger partial charge on any atom is -0.382 e. The number of ether oxygens (including phenoxy) is 1. The number of amides is 3. The highest BCUT2D eigenvalue weighted by Crippen LogP contribution is 2.29. The van der Waals surface area contributed by atoms with Crippen molar-refractivity contribution in [1.29, 1.82) is 0 Å². The zero-order valence-electron chi connectivity index (χ0n) is 17.3. The Morgan fingerprint density at radius 1 is 1.32 bits per heavy atom. The number of pyridine rings is 1. The summed E-state index contributed by atoms with van der Waals surface area (Å²) >= 11 is 0. The van der Waals surface area contributed by atoms with E-state index in [0.29, 0.717) is 11.1 Å². The van der Waals surface area contributed by atoms with Crippen molar-refractivity contribution >= 4 is 17.8 Å². The molecule has 1 aromatic carbocycles. The number of aromatic nitrogens is 1. The van der Waals surface area contributed by atoms with Gasteiger partial charge in [0, 0.05) is 13.3 Å². The standard InChI is InChI=1S/C21H25F2N5O3/c1-13-3-5-14(6-4-13)18(24)19(29)27-17-9-15(7-8-25-17)16(10-31-2)28-12-21(22,23)11-26-20(28)30/h3-9,16,18H,10-12,24H2,1-2H3,(H,26,30)(H,25,27,29)/t16-,18+/m1/s1. The third-order valence-corrected chi connectivity index (χ3v) is 5.00. The Bertz CT molecular complexity index is 939. The van der Waals surface area contributed by atoms with E-state index < -0.39 is 43.0 Å². The Labute approximate surface area is 178 Å². The molecule has 3 amide bonds. The van der Waals surface area contributed by atoms with Crippen LogP contribution < -0.4 is 16.4 Å². The van der Waals surface area contributed by atoms with Gasteiger partial charge in [0.15, 0.2) is 0 Å². The SMILES string of the molecule is COC[C@H](c1ccnc(NC(=O)[C@@H](N)c2ccc(C)cc2)c1)N1CC(F)(F)CNC1=O. The van der Waals surface area contributed by atoms with E-state index in [2.05, 4.69) is 15.6 Å². The van der Waals surface area contributed by atoms with Gasteiger partial charge >= 0.3 is 6.03 Å². The number of alkyl halides is 2. The smallest absolute Gasteiger partial charge is 0.318 e. The summed E-state index contributed by atoms with van der Waals surface area (Å²) in [5.41, 5.74) is 8.22. The molecule has 0 spiro atoms. The van der Waals surface area contributed by atoms with Crippen LogP contribution in [-0.2, 0) is 9.53 Å². The van der Waals surface area contributed by atoms with E-state index in [9.17, 15) is 18.4 Å². The Kier molecular flexibility index (Phi) is 6.81. The molecule has 0 unspecified atom stereocenters. The number of hydrogen-bond acceptors (Lipinski definition) is 5. The van der Waals surface area contributed by atoms with Crippen LogP contribution in [0.2, 0.25) is 0 Å². The summed E-state index contributed by atoms with van der Waals surface area (Å²) in [5.74, 6) is -3.35. The zero-order valence-corrected chi connectivity index (χ0v) is 17.3. The maximum Gasteiger partial charge on any atom is 0.318 e. The average molecular weight is 433 g/mol. The number of halogens is 2. The van der Waals surface area contributed by atoms with E-state index in [1.807, 2.05) is 19.1 Å². The van der Waals surface area contributed by atoms with Crippen molar-refractivity contribution in [3.63, 3.8) is 0 Å². The topological polar surface area (TPSA) is 110 Å². The highest BCUT2D eigenvalue weighted by Gasteiger charge is 2.42. The van der Waals surface area contributed by atoms with E-state index >= 15 is 0 Å². The number of carbonyl (C=O) groups excluding carboxylic acids is 2. The number of benzene rings is 1. The maximum atomic E-state index is 13.9. The second-order valence-corrected chi connectivity index (χ2v) is 7.47. The van der Waals surface area contributed by atoms with E-state index in [4.69, 9.17) is 10.5 Å². The number of anilines is 1. The molecule has 10 heteroatoms. The fourth-order valence-electron chi connectivity index (χ4n) is 3.31. The van der Waals surface area contributed by atoms with Crippen LogP contribution in [0.25, 0.3) is 0 Å². The summed E-state index contributed by atoms with van der Waals surface area (Å²) in [6.45, 7) is 0.468. The van der Waals surface area contributed by atoms with Gasteiger partial charge < -0.3 is 26.0 Å². The van der Waals surface area contributed by atoms with Gasteiger partial charge in [-0.15, -0.1) is 0 Å². The minimum absolute atomic E-state index is 0.0101. The minimum atomic E-state index is -3.06. The lowest BCUT2D eigenvalue weighted by Crippen LogP contribution is -2.58. The van der Waals surface area contributed by atoms with Crippen molar-refractivity contribution in [3.8, 4) is 0 Å². The molecule has 0 saturated carbocycles. The number of nitrogens with zero attached hydrogens (tertiary/aromatic N) is 2. The van der Waals surface area contributed by atoms with E-state index in [1.54, 1.807) is 18.2 Å². The van der Waals surface area contributed by atoms with Crippen molar-refractivity contribution < 1.29 is 23.1 Å². The number of methoxy groups -OCH3 is 1. The van der Waals surface area contributed by atoms with Crippen molar-refractivity contribution in [2.75, 3.05) is 32.1 Å². The lowest BCUT2D eigenvalue weighted by atomic mass is 10.0. The summed E-state index contributed by atoms with van der Waals surface area (Å²) in [7, 11) is 1.41. The molecule has 8 nitrogen and oxygen atoms in total. The monoisotopic (exact) mass is 433 g/mol. The molecule has 31 heavy (non-hydrogen) atoms. The van der Waals surface area contributed by atoms with Crippen molar-refractivity contribution in [2.24, 2.45) is 5.73 Å². The van der Waals surface area contributed by atoms with Gasteiger partial charge in [0.25, 0.3) is 5.92 Å². The third kappa shape index (κ3) is 5.53. The molecular formula is C21H25F2N5O3. The first-order valence-electron chi connectivity index (χ1n) is 9.70. The van der Waals surface area contributed by atoms with Crippen molar-refractivity contribution in [1.82, 2.24) is 15.2 Å². The molecule has 2 aromatic rings. The molecule has 0 radical (unpaired) electrons. The molecule has 1 aromatic heterocycles. The highest BCUT2D eigenvalue weighted by molar-refractivity contribution is 5.94. The van der Waals surface area contributed by atoms with Crippen LogP contribution in [0.1, 0.15) is 28.8 Å². The van der Waals surface area contributed by atoms with Gasteiger partial charge in [0.1, 0.15) is 11.9 Å². The third-order valence-electron chi connectivity index (χ3n) is 5.00. The second kappa shape index (κ2) is 9.36. The number of rotatable bonds is 7. The Morgan fingerprint density at radius 2 is 2.03 bits per heavy atom. The van der Waals surface area contributed by atoms with Crippen LogP contribution in [0, 0.1) is 6.92 Å². The van der Waals surface area contributed by atoms with Gasteiger partial charge in [-0.2, -0.15) is 0 Å². The van der Waals surface area contributed by atoms with Gasteiger partial charge in [0.2, 0.25) is 5.91 Å². The first-order valence-corrected chi connectivity index (χ1v) is 9.70. The first kappa shape index (κ1) is 22.6. The summed E-state index contributed by atoms with van der Waals surface area (Å²) in [6.07, 6.45) is 1.42. The molecule has 2 heterocycles. The van der Waals surface area contributed by atoms with Crippen molar-refractivity contribution in [3.05, 3.63) is 59.3 Å².